The van der Waals surface area contributed by atoms with Crippen LogP contribution in [0.5, 0.6) is 5.75 Å². The van der Waals surface area contributed by atoms with E-state index < -0.39 is 10.0 Å². The minimum Gasteiger partial charge on any atom is -0.490 e. The lowest BCUT2D eigenvalue weighted by molar-refractivity contribution is 0.288. The Bertz CT molecular complexity index is 590. The highest BCUT2D eigenvalue weighted by atomic mass is 32.2. The van der Waals surface area contributed by atoms with Crippen LogP contribution in [-0.2, 0) is 10.0 Å². The smallest absolute Gasteiger partial charge is 0.246 e. The van der Waals surface area contributed by atoms with Crippen molar-refractivity contribution >= 4 is 15.7 Å². The van der Waals surface area contributed by atoms with Crippen LogP contribution in [0.2, 0.25) is 0 Å². The molecule has 0 aromatic heterocycles. The van der Waals surface area contributed by atoms with Gasteiger partial charge in [-0.05, 0) is 19.1 Å². The molecule has 1 aliphatic heterocycles. The molecule has 1 aliphatic rings. The van der Waals surface area contributed by atoms with Gasteiger partial charge in [0.05, 0.1) is 18.3 Å². The van der Waals surface area contributed by atoms with Crippen molar-refractivity contribution in [1.82, 2.24) is 4.72 Å². The first kappa shape index (κ1) is 12.7. The van der Waals surface area contributed by atoms with Crippen LogP contribution in [0.1, 0.15) is 6.92 Å². The third kappa shape index (κ3) is 2.42. The van der Waals surface area contributed by atoms with E-state index in [9.17, 15) is 8.42 Å². The highest BCUT2D eigenvalue weighted by Crippen LogP contribution is 2.33. The maximum absolute atomic E-state index is 12.2. The molecule has 0 radical (unpaired) electrons. The number of benzene rings is 1. The number of hydrogen-bond acceptors (Lipinski definition) is 4. The van der Waals surface area contributed by atoms with Crippen molar-refractivity contribution in [2.45, 2.75) is 17.9 Å². The topological polar surface area (TPSA) is 67.4 Å². The van der Waals surface area contributed by atoms with Gasteiger partial charge in [-0.3, -0.25) is 0 Å². The molecule has 2 rings (SSSR count). The van der Waals surface area contributed by atoms with Crippen molar-refractivity contribution in [2.24, 2.45) is 0 Å². The average Bonchev–Trinajstić information content (AvgIpc) is 2.43. The molecule has 1 heterocycles. The molecule has 0 saturated carbocycles. The molecule has 0 unspecified atom stereocenters. The molecule has 96 valence electrons. The van der Waals surface area contributed by atoms with E-state index in [1.807, 2.05) is 0 Å². The van der Waals surface area contributed by atoms with Crippen molar-refractivity contribution in [3.05, 3.63) is 18.2 Å². The van der Waals surface area contributed by atoms with E-state index >= 15 is 0 Å². The fraction of sp³-hybridized carbons (Fsp3) is 0.333. The molecule has 0 spiro atoms. The number of terminal acetylenes is 1. The van der Waals surface area contributed by atoms with Gasteiger partial charge in [0.25, 0.3) is 0 Å². The second-order valence-corrected chi connectivity index (χ2v) is 5.67. The summed E-state index contributed by atoms with van der Waals surface area (Å²) in [5.74, 6) is 2.75. The summed E-state index contributed by atoms with van der Waals surface area (Å²) in [4.78, 5) is 0.115. The van der Waals surface area contributed by atoms with Crippen molar-refractivity contribution < 1.29 is 13.2 Å². The molecule has 5 nitrogen and oxygen atoms in total. The second kappa shape index (κ2) is 4.88. The molecule has 0 saturated heterocycles. The fourth-order valence-electron chi connectivity index (χ4n) is 1.76. The van der Waals surface area contributed by atoms with Crippen LogP contribution in [-0.4, -0.2) is 27.6 Å². The number of sulfonamides is 1. The van der Waals surface area contributed by atoms with Crippen molar-refractivity contribution in [3.8, 4) is 18.1 Å². The van der Waals surface area contributed by atoms with Crippen LogP contribution in [0, 0.1) is 12.3 Å². The summed E-state index contributed by atoms with van der Waals surface area (Å²) in [6.07, 6.45) is 5.16. The number of nitrogens with one attached hydrogen (secondary N) is 2. The standard InChI is InChI=1S/C12H14N2O3S/c1-3-7-13-10-5-4-6-11-12(10)18(15,16)14-9(2)8-17-11/h1,4-6,9,13-14H,7-8H2,2H3/t9-/m1/s1. The Kier molecular flexibility index (Phi) is 3.45. The number of anilines is 1. The third-order valence-corrected chi connectivity index (χ3v) is 4.14. The Morgan fingerprint density at radius 2 is 2.39 bits per heavy atom. The highest BCUT2D eigenvalue weighted by molar-refractivity contribution is 7.89. The predicted molar refractivity (Wildman–Crippen MR) is 69.0 cm³/mol. The van der Waals surface area contributed by atoms with Gasteiger partial charge in [-0.2, -0.15) is 0 Å². The van der Waals surface area contributed by atoms with Crippen LogP contribution >= 0.6 is 0 Å². The molecular weight excluding hydrogens is 252 g/mol. The van der Waals surface area contributed by atoms with Crippen LogP contribution < -0.4 is 14.8 Å². The summed E-state index contributed by atoms with van der Waals surface area (Å²) in [5.41, 5.74) is 0.451. The summed E-state index contributed by atoms with van der Waals surface area (Å²) in [7, 11) is -3.59. The quantitative estimate of drug-likeness (QED) is 0.777. The van der Waals surface area contributed by atoms with E-state index in [4.69, 9.17) is 11.2 Å². The van der Waals surface area contributed by atoms with Crippen LogP contribution in [0.3, 0.4) is 0 Å². The minimum absolute atomic E-state index is 0.115. The number of fused-ring (bicyclic) bond motifs is 1. The average molecular weight is 266 g/mol. The van der Waals surface area contributed by atoms with Crippen LogP contribution in [0.4, 0.5) is 5.69 Å². The number of rotatable bonds is 2. The normalized spacial score (nSPS) is 21.0. The van der Waals surface area contributed by atoms with E-state index in [-0.39, 0.29) is 17.5 Å². The van der Waals surface area contributed by atoms with E-state index in [1.165, 1.54) is 0 Å². The Hall–Kier alpha value is -1.71. The van der Waals surface area contributed by atoms with Gasteiger partial charge in [0, 0.05) is 0 Å². The summed E-state index contributed by atoms with van der Waals surface area (Å²) in [5, 5.41) is 2.89. The van der Waals surface area contributed by atoms with E-state index in [0.717, 1.165) is 0 Å². The lowest BCUT2D eigenvalue weighted by atomic mass is 10.3. The first-order chi connectivity index (χ1) is 8.54. The van der Waals surface area contributed by atoms with Gasteiger partial charge in [-0.25, -0.2) is 13.1 Å². The summed E-state index contributed by atoms with van der Waals surface area (Å²) < 4.78 is 32.4. The van der Waals surface area contributed by atoms with Crippen molar-refractivity contribution in [2.75, 3.05) is 18.5 Å². The van der Waals surface area contributed by atoms with Gasteiger partial charge in [0.2, 0.25) is 10.0 Å². The molecular formula is C12H14N2O3S. The maximum Gasteiger partial charge on any atom is 0.246 e. The molecule has 0 aliphatic carbocycles. The van der Waals surface area contributed by atoms with E-state index in [0.29, 0.717) is 18.0 Å². The Morgan fingerprint density at radius 3 is 3.11 bits per heavy atom. The fourth-order valence-corrected chi connectivity index (χ4v) is 3.30. The SMILES string of the molecule is C#CCNc1cccc2c1S(=O)(=O)N[C@H](C)CO2. The molecule has 1 atom stereocenters. The zero-order valence-electron chi connectivity index (χ0n) is 9.93. The van der Waals surface area contributed by atoms with Gasteiger partial charge in [0.1, 0.15) is 17.3 Å². The molecule has 2 N–H and O–H groups in total. The Labute approximate surface area is 107 Å². The zero-order valence-corrected chi connectivity index (χ0v) is 10.8. The third-order valence-electron chi connectivity index (χ3n) is 2.47. The first-order valence-corrected chi connectivity index (χ1v) is 6.98. The molecule has 6 heteroatoms. The summed E-state index contributed by atoms with van der Waals surface area (Å²) in [6, 6.07) is 4.74. The van der Waals surface area contributed by atoms with E-state index in [1.54, 1.807) is 25.1 Å². The maximum atomic E-state index is 12.2. The largest absolute Gasteiger partial charge is 0.490 e. The Balaban J connectivity index is 2.53. The van der Waals surface area contributed by atoms with Crippen molar-refractivity contribution in [1.29, 1.82) is 0 Å². The lowest BCUT2D eigenvalue weighted by Gasteiger charge is -2.12. The van der Waals surface area contributed by atoms with Gasteiger partial charge in [-0.1, -0.05) is 12.0 Å². The minimum atomic E-state index is -3.59. The molecule has 1 aromatic carbocycles. The lowest BCUT2D eigenvalue weighted by Crippen LogP contribution is -2.34. The van der Waals surface area contributed by atoms with Gasteiger partial charge in [-0.15, -0.1) is 6.42 Å². The predicted octanol–water partition coefficient (Wildman–Crippen LogP) is 0.791. The first-order valence-electron chi connectivity index (χ1n) is 5.50. The summed E-state index contributed by atoms with van der Waals surface area (Å²) in [6.45, 7) is 2.30. The number of ether oxygens (including phenoxy) is 1. The molecule has 18 heavy (non-hydrogen) atoms. The Morgan fingerprint density at radius 1 is 1.61 bits per heavy atom. The second-order valence-electron chi connectivity index (χ2n) is 4.02. The van der Waals surface area contributed by atoms with Crippen molar-refractivity contribution in [3.63, 3.8) is 0 Å². The van der Waals surface area contributed by atoms with E-state index in [2.05, 4.69) is 16.0 Å². The molecule has 0 amide bonds. The van der Waals surface area contributed by atoms with Gasteiger partial charge >= 0.3 is 0 Å². The summed E-state index contributed by atoms with van der Waals surface area (Å²) >= 11 is 0. The highest BCUT2D eigenvalue weighted by Gasteiger charge is 2.28. The van der Waals surface area contributed by atoms with Gasteiger partial charge < -0.3 is 10.1 Å². The van der Waals surface area contributed by atoms with Crippen LogP contribution in [0.25, 0.3) is 0 Å². The van der Waals surface area contributed by atoms with Gasteiger partial charge in [0.15, 0.2) is 0 Å². The zero-order chi connectivity index (χ0) is 13.2. The molecule has 0 bridgehead atoms. The van der Waals surface area contributed by atoms with Crippen LogP contribution in [0.15, 0.2) is 23.1 Å². The molecule has 1 aromatic rings. The monoisotopic (exact) mass is 266 g/mol. The number of hydrogen-bond donors (Lipinski definition) is 2. The molecule has 0 fully saturated rings.